The number of halogens is 7. The molecule has 0 aromatic heterocycles. The molecular weight excluding hydrogens is 330 g/mol. The summed E-state index contributed by atoms with van der Waals surface area (Å²) in [4.78, 5) is 0. The second-order valence-electron chi connectivity index (χ2n) is 3.41. The highest BCUT2D eigenvalue weighted by molar-refractivity contribution is 9.10. The largest absolute Gasteiger partial charge is 0.389 e. The fraction of sp³-hybridized carbons (Fsp3) is 0.400. The fourth-order valence-electron chi connectivity index (χ4n) is 1.22. The zero-order valence-electron chi connectivity index (χ0n) is 8.29. The van der Waals surface area contributed by atoms with Gasteiger partial charge in [-0.25, -0.2) is 8.78 Å². The number of benzene rings is 1. The van der Waals surface area contributed by atoms with Gasteiger partial charge in [0.2, 0.25) is 0 Å². The Morgan fingerprint density at radius 3 is 2.29 bits per heavy atom. The maximum atomic E-state index is 13.3. The highest BCUT2D eigenvalue weighted by Gasteiger charge is 2.29. The van der Waals surface area contributed by atoms with Crippen molar-refractivity contribution in [2.45, 2.75) is 24.4 Å². The van der Waals surface area contributed by atoms with Crippen molar-refractivity contribution >= 4 is 27.5 Å². The molecule has 0 fully saturated rings. The average molecular weight is 338 g/mol. The van der Waals surface area contributed by atoms with Crippen molar-refractivity contribution in [3.8, 4) is 0 Å². The van der Waals surface area contributed by atoms with Gasteiger partial charge in [0.25, 0.3) is 0 Å². The first-order chi connectivity index (χ1) is 7.70. The van der Waals surface area contributed by atoms with E-state index >= 15 is 0 Å². The van der Waals surface area contributed by atoms with E-state index in [9.17, 15) is 22.0 Å². The highest BCUT2D eigenvalue weighted by atomic mass is 79.9. The molecule has 0 heterocycles. The molecule has 1 aromatic rings. The van der Waals surface area contributed by atoms with Crippen LogP contribution in [-0.4, -0.2) is 6.18 Å². The van der Waals surface area contributed by atoms with Crippen LogP contribution in [0.1, 0.15) is 23.8 Å². The van der Waals surface area contributed by atoms with Crippen molar-refractivity contribution in [3.63, 3.8) is 0 Å². The maximum Gasteiger partial charge on any atom is 0.389 e. The van der Waals surface area contributed by atoms with E-state index in [1.54, 1.807) is 0 Å². The van der Waals surface area contributed by atoms with Crippen LogP contribution in [0.3, 0.4) is 0 Å². The van der Waals surface area contributed by atoms with E-state index in [1.807, 2.05) is 0 Å². The van der Waals surface area contributed by atoms with E-state index in [4.69, 9.17) is 11.6 Å². The van der Waals surface area contributed by atoms with Gasteiger partial charge in [-0.1, -0.05) is 0 Å². The third-order valence-electron chi connectivity index (χ3n) is 2.06. The van der Waals surface area contributed by atoms with Gasteiger partial charge in [-0.3, -0.25) is 0 Å². The summed E-state index contributed by atoms with van der Waals surface area (Å²) < 4.78 is 62.2. The van der Waals surface area contributed by atoms with Crippen LogP contribution in [0.2, 0.25) is 0 Å². The summed E-state index contributed by atoms with van der Waals surface area (Å²) in [5, 5.41) is -1.21. The molecule has 0 N–H and O–H groups in total. The first-order valence-corrected chi connectivity index (χ1v) is 5.79. The van der Waals surface area contributed by atoms with E-state index in [-0.39, 0.29) is 10.0 Å². The minimum atomic E-state index is -4.36. The van der Waals surface area contributed by atoms with E-state index in [0.29, 0.717) is 0 Å². The smallest absolute Gasteiger partial charge is 0.207 e. The van der Waals surface area contributed by atoms with E-state index in [0.717, 1.165) is 12.1 Å². The summed E-state index contributed by atoms with van der Waals surface area (Å²) in [6.07, 6.45) is -6.00. The van der Waals surface area contributed by atoms with Gasteiger partial charge in [0.05, 0.1) is 9.85 Å². The molecule has 17 heavy (non-hydrogen) atoms. The fourth-order valence-corrected chi connectivity index (χ4v) is 1.82. The molecule has 0 saturated heterocycles. The Morgan fingerprint density at radius 1 is 1.18 bits per heavy atom. The molecule has 0 bridgehead atoms. The summed E-state index contributed by atoms with van der Waals surface area (Å²) in [5.74, 6) is -1.60. The molecule has 0 saturated carbocycles. The molecule has 0 nitrogen and oxygen atoms in total. The monoisotopic (exact) mass is 336 g/mol. The standard InChI is InChI=1S/C10H7BrClF5/c11-6-4-8(13)5(3-9(6)14)7(12)1-2-10(15,16)17/h3-4,7H,1-2H2. The number of alkyl halides is 4. The van der Waals surface area contributed by atoms with Crippen molar-refractivity contribution < 1.29 is 22.0 Å². The third-order valence-corrected chi connectivity index (χ3v) is 3.12. The van der Waals surface area contributed by atoms with Crippen LogP contribution in [0.5, 0.6) is 0 Å². The summed E-state index contributed by atoms with van der Waals surface area (Å²) in [6.45, 7) is 0. The van der Waals surface area contributed by atoms with Crippen molar-refractivity contribution in [3.05, 3.63) is 33.8 Å². The Labute approximate surface area is 108 Å². The molecule has 0 aliphatic carbocycles. The van der Waals surface area contributed by atoms with Gasteiger partial charge in [-0.15, -0.1) is 11.6 Å². The molecule has 1 rings (SSSR count). The predicted octanol–water partition coefficient (Wildman–Crippen LogP) is 5.35. The van der Waals surface area contributed by atoms with Crippen LogP contribution < -0.4 is 0 Å². The first-order valence-electron chi connectivity index (χ1n) is 4.56. The van der Waals surface area contributed by atoms with Crippen LogP contribution in [-0.2, 0) is 0 Å². The van der Waals surface area contributed by atoms with E-state index < -0.39 is 36.0 Å². The Bertz CT molecular complexity index is 404. The Morgan fingerprint density at radius 2 is 1.76 bits per heavy atom. The number of hydrogen-bond donors (Lipinski definition) is 0. The molecule has 1 aromatic carbocycles. The summed E-state index contributed by atoms with van der Waals surface area (Å²) in [6, 6.07) is 1.64. The molecule has 0 aliphatic heterocycles. The minimum absolute atomic E-state index is 0.0987. The molecule has 0 aliphatic rings. The maximum absolute atomic E-state index is 13.3. The van der Waals surface area contributed by atoms with Crippen molar-refractivity contribution in [2.75, 3.05) is 0 Å². The predicted molar refractivity (Wildman–Crippen MR) is 57.9 cm³/mol. The van der Waals surface area contributed by atoms with E-state index in [2.05, 4.69) is 15.9 Å². The quantitative estimate of drug-likeness (QED) is 0.396. The van der Waals surface area contributed by atoms with Gasteiger partial charge in [-0.05, 0) is 34.5 Å². The van der Waals surface area contributed by atoms with Crippen LogP contribution in [0.25, 0.3) is 0 Å². The Kier molecular flexibility index (Phi) is 4.77. The van der Waals surface area contributed by atoms with E-state index in [1.165, 1.54) is 0 Å². The van der Waals surface area contributed by atoms with Crippen LogP contribution in [0.4, 0.5) is 22.0 Å². The zero-order chi connectivity index (χ0) is 13.2. The SMILES string of the molecule is Fc1cc(C(Cl)CCC(F)(F)F)c(F)cc1Br. The summed E-state index contributed by atoms with van der Waals surface area (Å²) in [7, 11) is 0. The van der Waals surface area contributed by atoms with Gasteiger partial charge in [0.1, 0.15) is 11.6 Å². The van der Waals surface area contributed by atoms with Gasteiger partial charge in [-0.2, -0.15) is 13.2 Å². The van der Waals surface area contributed by atoms with Crippen LogP contribution >= 0.6 is 27.5 Å². The molecule has 96 valence electrons. The van der Waals surface area contributed by atoms with Gasteiger partial charge >= 0.3 is 6.18 Å². The van der Waals surface area contributed by atoms with Gasteiger partial charge in [0, 0.05) is 12.0 Å². The summed E-state index contributed by atoms with van der Waals surface area (Å²) >= 11 is 8.38. The lowest BCUT2D eigenvalue weighted by molar-refractivity contribution is -0.135. The average Bonchev–Trinajstić information content (AvgIpc) is 2.19. The van der Waals surface area contributed by atoms with Gasteiger partial charge < -0.3 is 0 Å². The number of hydrogen-bond acceptors (Lipinski definition) is 0. The lowest BCUT2D eigenvalue weighted by atomic mass is 10.1. The number of rotatable bonds is 3. The van der Waals surface area contributed by atoms with Crippen LogP contribution in [0, 0.1) is 11.6 Å². The third kappa shape index (κ3) is 4.43. The van der Waals surface area contributed by atoms with Crippen molar-refractivity contribution in [1.29, 1.82) is 0 Å². The Hall–Kier alpha value is -0.360. The minimum Gasteiger partial charge on any atom is -0.207 e. The molecular formula is C10H7BrClF5. The molecule has 7 heteroatoms. The topological polar surface area (TPSA) is 0 Å². The van der Waals surface area contributed by atoms with Crippen molar-refractivity contribution in [1.82, 2.24) is 0 Å². The first kappa shape index (κ1) is 14.7. The highest BCUT2D eigenvalue weighted by Crippen LogP contribution is 2.34. The second kappa shape index (κ2) is 5.52. The molecule has 0 radical (unpaired) electrons. The normalized spacial score (nSPS) is 13.8. The molecule has 1 atom stereocenters. The lowest BCUT2D eigenvalue weighted by Gasteiger charge is -2.13. The molecule has 1 unspecified atom stereocenters. The van der Waals surface area contributed by atoms with Crippen molar-refractivity contribution in [2.24, 2.45) is 0 Å². The second-order valence-corrected chi connectivity index (χ2v) is 4.79. The molecule has 0 amide bonds. The van der Waals surface area contributed by atoms with Crippen LogP contribution in [0.15, 0.2) is 16.6 Å². The Balaban J connectivity index is 2.82. The molecule has 0 spiro atoms. The zero-order valence-corrected chi connectivity index (χ0v) is 10.6. The summed E-state index contributed by atoms with van der Waals surface area (Å²) in [5.41, 5.74) is -0.267. The van der Waals surface area contributed by atoms with Gasteiger partial charge in [0.15, 0.2) is 0 Å². The lowest BCUT2D eigenvalue weighted by Crippen LogP contribution is -2.09.